The van der Waals surface area contributed by atoms with E-state index < -0.39 is 40.0 Å². The molecule has 31 heavy (non-hydrogen) atoms. The minimum atomic E-state index is -3.33. The number of rotatable bonds is 13. The average molecular weight is 458 g/mol. The summed E-state index contributed by atoms with van der Waals surface area (Å²) in [7, 11) is -3.33. The number of hydrogen-bond acceptors (Lipinski definition) is 7. The Balaban J connectivity index is 2.59. The summed E-state index contributed by atoms with van der Waals surface area (Å²) < 4.78 is 22.8. The monoisotopic (exact) mass is 457 g/mol. The van der Waals surface area contributed by atoms with E-state index in [-0.39, 0.29) is 24.2 Å². The third kappa shape index (κ3) is 10.2. The van der Waals surface area contributed by atoms with Crippen molar-refractivity contribution in [2.24, 2.45) is 5.92 Å². The van der Waals surface area contributed by atoms with Crippen molar-refractivity contribution < 1.29 is 28.2 Å². The summed E-state index contributed by atoms with van der Waals surface area (Å²) >= 11 is 0. The van der Waals surface area contributed by atoms with Gasteiger partial charge in [0.15, 0.2) is 0 Å². The van der Waals surface area contributed by atoms with E-state index in [1.807, 2.05) is 44.2 Å². The molecule has 5 N–H and O–H groups in total. The minimum absolute atomic E-state index is 0.221. The Bertz CT molecular complexity index is 803. The fourth-order valence-electron chi connectivity index (χ4n) is 3.15. The predicted molar refractivity (Wildman–Crippen MR) is 119 cm³/mol. The first kappa shape index (κ1) is 27.0. The van der Waals surface area contributed by atoms with Crippen LogP contribution in [0.1, 0.15) is 45.2 Å². The molecule has 5 atom stereocenters. The summed E-state index contributed by atoms with van der Waals surface area (Å²) in [5.74, 6) is -1.99. The van der Waals surface area contributed by atoms with Crippen LogP contribution in [-0.2, 0) is 19.4 Å². The zero-order valence-corrected chi connectivity index (χ0v) is 19.4. The molecule has 3 unspecified atom stereocenters. The lowest BCUT2D eigenvalue weighted by Crippen LogP contribution is -2.55. The van der Waals surface area contributed by atoms with Crippen LogP contribution < -0.4 is 16.0 Å². The molecule has 0 radical (unpaired) electrons. The first-order chi connectivity index (χ1) is 14.4. The lowest BCUT2D eigenvalue weighted by molar-refractivity contribution is -0.127. The molecule has 1 aromatic rings. The van der Waals surface area contributed by atoms with Gasteiger partial charge in [-0.15, -0.1) is 0 Å². The number of aliphatic hydroxyl groups is 2. The molecular weight excluding hydrogens is 422 g/mol. The van der Waals surface area contributed by atoms with Gasteiger partial charge in [-0.2, -0.15) is 0 Å². The Morgan fingerprint density at radius 2 is 1.68 bits per heavy atom. The van der Waals surface area contributed by atoms with Crippen LogP contribution in [0.15, 0.2) is 30.3 Å². The molecule has 176 valence electrons. The van der Waals surface area contributed by atoms with E-state index in [0.717, 1.165) is 11.8 Å². The van der Waals surface area contributed by atoms with Crippen LogP contribution >= 0.6 is 0 Å². The molecule has 9 nitrogen and oxygen atoms in total. The highest BCUT2D eigenvalue weighted by molar-refractivity contribution is 7.90. The van der Waals surface area contributed by atoms with Gasteiger partial charge >= 0.3 is 0 Å². The second-order valence-electron chi connectivity index (χ2n) is 7.91. The van der Waals surface area contributed by atoms with Gasteiger partial charge in [-0.05, 0) is 18.9 Å². The number of aliphatic hydroxyl groups excluding tert-OH is 2. The second-order valence-corrected chi connectivity index (χ2v) is 10.1. The molecule has 0 aromatic heterocycles. The molecule has 10 heteroatoms. The van der Waals surface area contributed by atoms with Gasteiger partial charge in [0.2, 0.25) is 11.8 Å². The van der Waals surface area contributed by atoms with E-state index in [1.165, 1.54) is 6.92 Å². The van der Waals surface area contributed by atoms with Gasteiger partial charge in [0, 0.05) is 12.2 Å². The maximum atomic E-state index is 12.3. The zero-order valence-electron chi connectivity index (χ0n) is 18.5. The predicted octanol–water partition coefficient (Wildman–Crippen LogP) is 0.0983. The van der Waals surface area contributed by atoms with Crippen molar-refractivity contribution in [3.05, 3.63) is 35.9 Å². The molecule has 0 aliphatic carbocycles. The van der Waals surface area contributed by atoms with Crippen LogP contribution in [-0.4, -0.2) is 67.4 Å². The highest BCUT2D eigenvalue weighted by atomic mass is 32.2. The van der Waals surface area contributed by atoms with Crippen LogP contribution in [0.3, 0.4) is 0 Å². The van der Waals surface area contributed by atoms with Gasteiger partial charge in [0.25, 0.3) is 0 Å². The maximum absolute atomic E-state index is 12.3. The summed E-state index contributed by atoms with van der Waals surface area (Å²) in [5, 5.41) is 28.7. The largest absolute Gasteiger partial charge is 0.387 e. The van der Waals surface area contributed by atoms with Gasteiger partial charge in [0.1, 0.15) is 22.2 Å². The highest BCUT2D eigenvalue weighted by Gasteiger charge is 2.29. The number of sulfone groups is 1. The second kappa shape index (κ2) is 12.7. The summed E-state index contributed by atoms with van der Waals surface area (Å²) in [5.41, 5.74) is 0.936. The number of amides is 2. The molecule has 0 heterocycles. The van der Waals surface area contributed by atoms with E-state index in [4.69, 9.17) is 0 Å². The smallest absolute Gasteiger partial charge is 0.234 e. The van der Waals surface area contributed by atoms with Gasteiger partial charge in [0.05, 0.1) is 24.4 Å². The minimum Gasteiger partial charge on any atom is -0.387 e. The molecule has 0 bridgehead atoms. The molecule has 1 rings (SSSR count). The lowest BCUT2D eigenvalue weighted by atomic mass is 10.0. The Morgan fingerprint density at radius 1 is 1.06 bits per heavy atom. The van der Waals surface area contributed by atoms with Gasteiger partial charge < -0.3 is 20.8 Å². The van der Waals surface area contributed by atoms with Gasteiger partial charge in [-0.1, -0.05) is 50.6 Å². The molecule has 0 saturated heterocycles. The molecule has 0 spiro atoms. The third-order valence-corrected chi connectivity index (χ3v) is 5.92. The van der Waals surface area contributed by atoms with Crippen molar-refractivity contribution >= 4 is 21.7 Å². The van der Waals surface area contributed by atoms with Crippen molar-refractivity contribution in [1.82, 2.24) is 16.0 Å². The van der Waals surface area contributed by atoms with Crippen molar-refractivity contribution in [3.63, 3.8) is 0 Å². The van der Waals surface area contributed by atoms with E-state index in [2.05, 4.69) is 16.0 Å². The summed E-state index contributed by atoms with van der Waals surface area (Å²) in [6.07, 6.45) is -0.806. The molecule has 1 aromatic carbocycles. The average Bonchev–Trinajstić information content (AvgIpc) is 2.70. The van der Waals surface area contributed by atoms with Crippen LogP contribution in [0.5, 0.6) is 0 Å². The van der Waals surface area contributed by atoms with Crippen molar-refractivity contribution in [2.45, 2.75) is 58.0 Å². The Morgan fingerprint density at radius 3 is 2.23 bits per heavy atom. The Labute approximate surface area is 184 Å². The third-order valence-electron chi connectivity index (χ3n) is 4.81. The normalized spacial score (nSPS) is 16.6. The van der Waals surface area contributed by atoms with Crippen LogP contribution in [0, 0.1) is 5.92 Å². The number of carbonyl (C=O) groups is 2. The van der Waals surface area contributed by atoms with Gasteiger partial charge in [-0.3, -0.25) is 14.9 Å². The van der Waals surface area contributed by atoms with Crippen LogP contribution in [0.2, 0.25) is 0 Å². The number of benzene rings is 1. The number of carbonyl (C=O) groups excluding carboxylic acids is 2. The molecule has 0 aliphatic rings. The fourth-order valence-corrected chi connectivity index (χ4v) is 4.21. The van der Waals surface area contributed by atoms with E-state index in [1.54, 1.807) is 0 Å². The van der Waals surface area contributed by atoms with Crippen molar-refractivity contribution in [2.75, 3.05) is 18.6 Å². The summed E-state index contributed by atoms with van der Waals surface area (Å²) in [6, 6.07) is 8.38. The fraction of sp³-hybridized carbons (Fsp3) is 0.619. The topological polar surface area (TPSA) is 145 Å². The summed E-state index contributed by atoms with van der Waals surface area (Å²) in [6.45, 7) is 4.94. The van der Waals surface area contributed by atoms with E-state index >= 15 is 0 Å². The highest BCUT2D eigenvalue weighted by Crippen LogP contribution is 2.11. The first-order valence-corrected chi connectivity index (χ1v) is 12.4. The van der Waals surface area contributed by atoms with Crippen LogP contribution in [0.25, 0.3) is 0 Å². The Kier molecular flexibility index (Phi) is 11.1. The quantitative estimate of drug-likeness (QED) is 0.264. The van der Waals surface area contributed by atoms with E-state index in [9.17, 15) is 28.2 Å². The molecule has 0 fully saturated rings. The molecule has 2 amide bonds. The van der Waals surface area contributed by atoms with Gasteiger partial charge in [-0.25, -0.2) is 8.42 Å². The Hall–Kier alpha value is -2.01. The molecular formula is C21H35N3O6S. The molecule has 0 aliphatic heterocycles. The maximum Gasteiger partial charge on any atom is 0.234 e. The standard InChI is InChI=1S/C21H35N3O6S/c1-5-9-17(24-20(27)14(2)13-31(4,29)30)19(26)21(28)22-12-18(25)23-15(3)16-10-7-6-8-11-16/h6-8,10-11,14-15,17,19,21-22,26,28H,5,9,12-13H2,1-4H3,(H,23,25)(H,24,27)/t14?,15-,17?,19?,21+/m1/s1. The SMILES string of the molecule is CCCC(NC(=O)C(C)CS(C)(=O)=O)C(O)[C@H](O)NCC(=O)N[C@H](C)c1ccccc1. The molecule has 0 saturated carbocycles. The lowest BCUT2D eigenvalue weighted by Gasteiger charge is -2.29. The first-order valence-electron chi connectivity index (χ1n) is 10.4. The van der Waals surface area contributed by atoms with E-state index in [0.29, 0.717) is 12.8 Å². The summed E-state index contributed by atoms with van der Waals surface area (Å²) in [4.78, 5) is 24.5. The van der Waals surface area contributed by atoms with Crippen LogP contribution in [0.4, 0.5) is 0 Å². The number of nitrogens with one attached hydrogen (secondary N) is 3. The van der Waals surface area contributed by atoms with Crippen molar-refractivity contribution in [3.8, 4) is 0 Å². The van der Waals surface area contributed by atoms with Crippen molar-refractivity contribution in [1.29, 1.82) is 0 Å². The zero-order chi connectivity index (χ0) is 23.6. The number of hydrogen-bond donors (Lipinski definition) is 5.